The van der Waals surface area contributed by atoms with E-state index in [0.717, 1.165) is 12.0 Å². The maximum Gasteiger partial charge on any atom is 0.151 e. The molecule has 84 valence electrons. The third-order valence-electron chi connectivity index (χ3n) is 2.55. The van der Waals surface area contributed by atoms with Crippen LogP contribution in [0.15, 0.2) is 24.3 Å². The zero-order valence-electron chi connectivity index (χ0n) is 9.09. The minimum absolute atomic E-state index is 0.401. The summed E-state index contributed by atoms with van der Waals surface area (Å²) in [4.78, 5) is 0. The standard InChI is InChI=1S/C11H14N4O/c1-2-8-3-5-9(6-4-8)10(16)7-11-12-14-15-13-11/h3-6,10,16H,2,7H2,1H3,(H,12,13,14,15). The second-order valence-electron chi connectivity index (χ2n) is 3.66. The minimum atomic E-state index is -0.569. The second kappa shape index (κ2) is 4.85. The van der Waals surface area contributed by atoms with Gasteiger partial charge >= 0.3 is 0 Å². The highest BCUT2D eigenvalue weighted by molar-refractivity contribution is 5.24. The highest BCUT2D eigenvalue weighted by atomic mass is 16.3. The van der Waals surface area contributed by atoms with Crippen molar-refractivity contribution in [2.24, 2.45) is 0 Å². The number of aliphatic hydroxyl groups is 1. The van der Waals surface area contributed by atoms with Gasteiger partial charge in [0.1, 0.15) is 0 Å². The summed E-state index contributed by atoms with van der Waals surface area (Å²) in [6, 6.07) is 7.93. The molecule has 2 aromatic rings. The zero-order valence-corrected chi connectivity index (χ0v) is 9.09. The third-order valence-corrected chi connectivity index (χ3v) is 2.55. The molecule has 0 radical (unpaired) electrons. The van der Waals surface area contributed by atoms with E-state index in [1.807, 2.05) is 24.3 Å². The monoisotopic (exact) mass is 218 g/mol. The molecule has 0 bridgehead atoms. The van der Waals surface area contributed by atoms with E-state index in [0.29, 0.717) is 12.2 Å². The molecule has 0 amide bonds. The summed E-state index contributed by atoms with van der Waals surface area (Å²) in [6.45, 7) is 2.10. The van der Waals surface area contributed by atoms with Gasteiger partial charge in [0.25, 0.3) is 0 Å². The zero-order chi connectivity index (χ0) is 11.4. The van der Waals surface area contributed by atoms with E-state index in [1.54, 1.807) is 0 Å². The van der Waals surface area contributed by atoms with Gasteiger partial charge in [-0.2, -0.15) is 0 Å². The summed E-state index contributed by atoms with van der Waals surface area (Å²) in [5.74, 6) is 0.590. The molecule has 16 heavy (non-hydrogen) atoms. The van der Waals surface area contributed by atoms with E-state index in [1.165, 1.54) is 5.56 Å². The second-order valence-corrected chi connectivity index (χ2v) is 3.66. The molecule has 0 saturated carbocycles. The van der Waals surface area contributed by atoms with Gasteiger partial charge in [-0.25, -0.2) is 5.10 Å². The molecule has 2 N–H and O–H groups in total. The van der Waals surface area contributed by atoms with E-state index >= 15 is 0 Å². The van der Waals surface area contributed by atoms with Crippen LogP contribution in [0.4, 0.5) is 0 Å². The largest absolute Gasteiger partial charge is 0.388 e. The number of benzene rings is 1. The number of aromatic amines is 1. The van der Waals surface area contributed by atoms with Crippen molar-refractivity contribution in [1.82, 2.24) is 20.6 Å². The Bertz CT molecular complexity index is 424. The first kappa shape index (κ1) is 10.8. The van der Waals surface area contributed by atoms with Crippen molar-refractivity contribution in [3.63, 3.8) is 0 Å². The first-order chi connectivity index (χ1) is 7.79. The van der Waals surface area contributed by atoms with E-state index in [2.05, 4.69) is 27.5 Å². The predicted octanol–water partition coefficient (Wildman–Crippen LogP) is 1.04. The Balaban J connectivity index is 2.05. The van der Waals surface area contributed by atoms with Gasteiger partial charge in [0, 0.05) is 6.42 Å². The maximum atomic E-state index is 9.94. The van der Waals surface area contributed by atoms with Gasteiger partial charge < -0.3 is 5.11 Å². The average molecular weight is 218 g/mol. The van der Waals surface area contributed by atoms with Crippen LogP contribution in [0.5, 0.6) is 0 Å². The van der Waals surface area contributed by atoms with Crippen molar-refractivity contribution in [3.8, 4) is 0 Å². The fraction of sp³-hybridized carbons (Fsp3) is 0.364. The number of nitrogens with one attached hydrogen (secondary N) is 1. The SMILES string of the molecule is CCc1ccc(C(O)Cc2nnn[nH]2)cc1. The van der Waals surface area contributed by atoms with E-state index in [-0.39, 0.29) is 0 Å². The Labute approximate surface area is 93.5 Å². The number of aryl methyl sites for hydroxylation is 1. The topological polar surface area (TPSA) is 74.7 Å². The van der Waals surface area contributed by atoms with E-state index in [9.17, 15) is 5.11 Å². The number of hydrogen-bond donors (Lipinski definition) is 2. The smallest absolute Gasteiger partial charge is 0.151 e. The maximum absolute atomic E-state index is 9.94. The molecular formula is C11H14N4O. The molecule has 1 aromatic heterocycles. The fourth-order valence-corrected chi connectivity index (χ4v) is 1.54. The molecule has 1 unspecified atom stereocenters. The van der Waals surface area contributed by atoms with Crippen molar-refractivity contribution in [2.45, 2.75) is 25.9 Å². The van der Waals surface area contributed by atoms with Gasteiger partial charge in [-0.05, 0) is 28.0 Å². The normalized spacial score (nSPS) is 12.6. The lowest BCUT2D eigenvalue weighted by Gasteiger charge is -2.09. The van der Waals surface area contributed by atoms with Gasteiger partial charge in [-0.3, -0.25) is 0 Å². The summed E-state index contributed by atoms with van der Waals surface area (Å²) in [6.07, 6.45) is 0.835. The molecule has 5 heteroatoms. The van der Waals surface area contributed by atoms with Crippen molar-refractivity contribution >= 4 is 0 Å². The van der Waals surface area contributed by atoms with Crippen molar-refractivity contribution in [3.05, 3.63) is 41.2 Å². The van der Waals surface area contributed by atoms with Crippen molar-refractivity contribution in [2.75, 3.05) is 0 Å². The van der Waals surface area contributed by atoms with Gasteiger partial charge in [-0.1, -0.05) is 31.2 Å². The summed E-state index contributed by atoms with van der Waals surface area (Å²) in [5.41, 5.74) is 2.14. The van der Waals surface area contributed by atoms with Gasteiger partial charge in [0.2, 0.25) is 0 Å². The van der Waals surface area contributed by atoms with Gasteiger partial charge in [-0.15, -0.1) is 5.10 Å². The predicted molar refractivity (Wildman–Crippen MR) is 58.7 cm³/mol. The molecule has 5 nitrogen and oxygen atoms in total. The Hall–Kier alpha value is -1.75. The summed E-state index contributed by atoms with van der Waals surface area (Å²) in [5, 5.41) is 23.2. The number of tetrazole rings is 1. The van der Waals surface area contributed by atoms with Crippen LogP contribution in [0.3, 0.4) is 0 Å². The van der Waals surface area contributed by atoms with Crippen LogP contribution in [-0.2, 0) is 12.8 Å². The van der Waals surface area contributed by atoms with Gasteiger partial charge in [0.15, 0.2) is 5.82 Å². The quantitative estimate of drug-likeness (QED) is 0.804. The molecule has 0 aliphatic heterocycles. The van der Waals surface area contributed by atoms with Gasteiger partial charge in [0.05, 0.1) is 6.10 Å². The van der Waals surface area contributed by atoms with Crippen molar-refractivity contribution < 1.29 is 5.11 Å². The molecule has 1 atom stereocenters. The molecule has 0 spiro atoms. The summed E-state index contributed by atoms with van der Waals surface area (Å²) >= 11 is 0. The Kier molecular flexibility index (Phi) is 3.26. The molecular weight excluding hydrogens is 204 g/mol. The number of nitrogens with zero attached hydrogens (tertiary/aromatic N) is 3. The molecule has 1 aromatic carbocycles. The average Bonchev–Trinajstić information content (AvgIpc) is 2.82. The molecule has 0 fully saturated rings. The van der Waals surface area contributed by atoms with E-state index < -0.39 is 6.10 Å². The highest BCUT2D eigenvalue weighted by Crippen LogP contribution is 2.16. The first-order valence-electron chi connectivity index (χ1n) is 5.29. The molecule has 0 saturated heterocycles. The lowest BCUT2D eigenvalue weighted by Crippen LogP contribution is -2.03. The van der Waals surface area contributed by atoms with Crippen LogP contribution in [0.1, 0.15) is 30.0 Å². The van der Waals surface area contributed by atoms with Crippen LogP contribution >= 0.6 is 0 Å². The number of hydrogen-bond acceptors (Lipinski definition) is 4. The Morgan fingerprint density at radius 2 is 2.06 bits per heavy atom. The molecule has 2 rings (SSSR count). The minimum Gasteiger partial charge on any atom is -0.388 e. The van der Waals surface area contributed by atoms with Crippen LogP contribution in [0.25, 0.3) is 0 Å². The lowest BCUT2D eigenvalue weighted by atomic mass is 10.0. The van der Waals surface area contributed by atoms with Crippen LogP contribution in [0, 0.1) is 0 Å². The molecule has 0 aliphatic carbocycles. The number of H-pyrrole nitrogens is 1. The Morgan fingerprint density at radius 3 is 2.62 bits per heavy atom. The number of rotatable bonds is 4. The molecule has 1 heterocycles. The molecule has 0 aliphatic rings. The van der Waals surface area contributed by atoms with Crippen LogP contribution in [-0.4, -0.2) is 25.7 Å². The van der Waals surface area contributed by atoms with Crippen LogP contribution in [0.2, 0.25) is 0 Å². The highest BCUT2D eigenvalue weighted by Gasteiger charge is 2.10. The van der Waals surface area contributed by atoms with Crippen molar-refractivity contribution in [1.29, 1.82) is 0 Å². The fourth-order valence-electron chi connectivity index (χ4n) is 1.54. The summed E-state index contributed by atoms with van der Waals surface area (Å²) < 4.78 is 0. The van der Waals surface area contributed by atoms with Crippen LogP contribution < -0.4 is 0 Å². The lowest BCUT2D eigenvalue weighted by molar-refractivity contribution is 0.176. The third kappa shape index (κ3) is 2.43. The number of aliphatic hydroxyl groups excluding tert-OH is 1. The summed E-state index contributed by atoms with van der Waals surface area (Å²) in [7, 11) is 0. The first-order valence-corrected chi connectivity index (χ1v) is 5.29. The van der Waals surface area contributed by atoms with E-state index in [4.69, 9.17) is 0 Å². The number of aromatic nitrogens is 4. The Morgan fingerprint density at radius 1 is 1.31 bits per heavy atom.